The zero-order chi connectivity index (χ0) is 12.2. The van der Waals surface area contributed by atoms with E-state index in [0.717, 1.165) is 0 Å². The third-order valence-electron chi connectivity index (χ3n) is 1.94. The van der Waals surface area contributed by atoms with Crippen LogP contribution in [-0.4, -0.2) is 33.3 Å². The second-order valence-corrected chi connectivity index (χ2v) is 5.14. The topological polar surface area (TPSA) is 75.6 Å². The van der Waals surface area contributed by atoms with Crippen LogP contribution in [0, 0.1) is 0 Å². The summed E-state index contributed by atoms with van der Waals surface area (Å²) in [6.07, 6.45) is -0.715. The van der Waals surface area contributed by atoms with Crippen molar-refractivity contribution in [2.45, 2.75) is 17.9 Å². The fraction of sp³-hybridized carbons (Fsp3) is 0.400. The first-order chi connectivity index (χ1) is 7.45. The lowest BCUT2D eigenvalue weighted by Gasteiger charge is -2.08. The Hall–Kier alpha value is -1.11. The van der Waals surface area contributed by atoms with E-state index in [-0.39, 0.29) is 11.4 Å². The molecule has 0 spiro atoms. The maximum absolute atomic E-state index is 11.7. The lowest BCUT2D eigenvalue weighted by Crippen LogP contribution is -2.30. The van der Waals surface area contributed by atoms with Crippen LogP contribution in [0.25, 0.3) is 0 Å². The van der Waals surface area contributed by atoms with Crippen LogP contribution in [0.2, 0.25) is 0 Å². The molecule has 5 nitrogen and oxygen atoms in total. The lowest BCUT2D eigenvalue weighted by molar-refractivity contribution is 0.198. The Morgan fingerprint density at radius 2 is 1.94 bits per heavy atom. The quantitative estimate of drug-likeness (QED) is 0.785. The van der Waals surface area contributed by atoms with Crippen LogP contribution in [-0.2, 0) is 10.0 Å². The number of sulfonamides is 1. The molecule has 1 rings (SSSR count). The van der Waals surface area contributed by atoms with Gasteiger partial charge in [-0.2, -0.15) is 0 Å². The average Bonchev–Trinajstić information content (AvgIpc) is 2.27. The van der Waals surface area contributed by atoms with E-state index in [1.54, 1.807) is 12.1 Å². The molecule has 0 aromatic heterocycles. The molecule has 0 amide bonds. The van der Waals surface area contributed by atoms with Crippen molar-refractivity contribution >= 4 is 10.0 Å². The van der Waals surface area contributed by atoms with Crippen LogP contribution in [0.5, 0.6) is 5.75 Å². The Labute approximate surface area is 95.1 Å². The summed E-state index contributed by atoms with van der Waals surface area (Å²) in [6, 6.07) is 6.03. The number of aliphatic hydroxyl groups excluding tert-OH is 1. The first kappa shape index (κ1) is 13.0. The van der Waals surface area contributed by atoms with Crippen molar-refractivity contribution in [1.82, 2.24) is 4.72 Å². The highest BCUT2D eigenvalue weighted by Crippen LogP contribution is 2.15. The Balaban J connectivity index is 2.82. The molecule has 1 atom stereocenters. The van der Waals surface area contributed by atoms with E-state index in [4.69, 9.17) is 9.84 Å². The van der Waals surface area contributed by atoms with Gasteiger partial charge in [-0.1, -0.05) is 0 Å². The maximum atomic E-state index is 11.7. The Kier molecular flexibility index (Phi) is 4.28. The van der Waals surface area contributed by atoms with Gasteiger partial charge < -0.3 is 9.84 Å². The molecule has 1 unspecified atom stereocenters. The molecule has 1 aromatic rings. The molecule has 2 N–H and O–H groups in total. The molecule has 0 saturated carbocycles. The standard InChI is InChI=1S/C10H15NO4S/c1-8(12)7-11-16(13,14)10-5-3-9(15-2)4-6-10/h3-6,8,11-12H,7H2,1-2H3. The largest absolute Gasteiger partial charge is 0.497 e. The summed E-state index contributed by atoms with van der Waals surface area (Å²) in [6.45, 7) is 1.50. The van der Waals surface area contributed by atoms with Crippen LogP contribution < -0.4 is 9.46 Å². The van der Waals surface area contributed by atoms with Crippen LogP contribution in [0.4, 0.5) is 0 Å². The molecule has 0 heterocycles. The molecular formula is C10H15NO4S. The van der Waals surface area contributed by atoms with E-state index >= 15 is 0 Å². The van der Waals surface area contributed by atoms with E-state index in [1.165, 1.54) is 26.2 Å². The van der Waals surface area contributed by atoms with Crippen LogP contribution in [0.1, 0.15) is 6.92 Å². The predicted octanol–water partition coefficient (Wildman–Crippen LogP) is 0.354. The van der Waals surface area contributed by atoms with Gasteiger partial charge >= 0.3 is 0 Å². The van der Waals surface area contributed by atoms with Crippen LogP contribution >= 0.6 is 0 Å². The smallest absolute Gasteiger partial charge is 0.240 e. The number of hydrogen-bond donors (Lipinski definition) is 2. The molecule has 6 heteroatoms. The molecule has 0 aliphatic heterocycles. The van der Waals surface area contributed by atoms with Gasteiger partial charge in [0.05, 0.1) is 18.1 Å². The molecule has 0 aliphatic rings. The number of benzene rings is 1. The van der Waals surface area contributed by atoms with Crippen molar-refractivity contribution in [1.29, 1.82) is 0 Å². The van der Waals surface area contributed by atoms with Gasteiger partial charge in [-0.3, -0.25) is 0 Å². The summed E-state index contributed by atoms with van der Waals surface area (Å²) in [5.74, 6) is 0.592. The van der Waals surface area contributed by atoms with Gasteiger partial charge in [0.15, 0.2) is 0 Å². The van der Waals surface area contributed by atoms with E-state index < -0.39 is 16.1 Å². The number of hydrogen-bond acceptors (Lipinski definition) is 4. The Morgan fingerprint density at radius 1 is 1.38 bits per heavy atom. The van der Waals surface area contributed by atoms with Crippen molar-refractivity contribution in [3.8, 4) is 5.75 Å². The van der Waals surface area contributed by atoms with Gasteiger partial charge in [-0.25, -0.2) is 13.1 Å². The van der Waals surface area contributed by atoms with Crippen LogP contribution in [0.3, 0.4) is 0 Å². The van der Waals surface area contributed by atoms with E-state index in [9.17, 15) is 8.42 Å². The highest BCUT2D eigenvalue weighted by molar-refractivity contribution is 7.89. The summed E-state index contributed by atoms with van der Waals surface area (Å²) in [5.41, 5.74) is 0. The predicted molar refractivity (Wildman–Crippen MR) is 59.9 cm³/mol. The molecular weight excluding hydrogens is 230 g/mol. The third kappa shape index (κ3) is 3.48. The number of aliphatic hydroxyl groups is 1. The molecule has 0 aliphatic carbocycles. The van der Waals surface area contributed by atoms with Gasteiger partial charge in [0.2, 0.25) is 10.0 Å². The number of methoxy groups -OCH3 is 1. The van der Waals surface area contributed by atoms with E-state index in [1.807, 2.05) is 0 Å². The minimum Gasteiger partial charge on any atom is -0.497 e. The normalized spacial score (nSPS) is 13.4. The van der Waals surface area contributed by atoms with Crippen molar-refractivity contribution in [2.75, 3.05) is 13.7 Å². The maximum Gasteiger partial charge on any atom is 0.240 e. The zero-order valence-electron chi connectivity index (χ0n) is 9.17. The first-order valence-corrected chi connectivity index (χ1v) is 6.26. The minimum absolute atomic E-state index is 0.00559. The fourth-order valence-corrected chi connectivity index (χ4v) is 2.19. The van der Waals surface area contributed by atoms with Crippen molar-refractivity contribution < 1.29 is 18.3 Å². The zero-order valence-corrected chi connectivity index (χ0v) is 9.99. The molecule has 0 saturated heterocycles. The van der Waals surface area contributed by atoms with Gasteiger partial charge in [0.25, 0.3) is 0 Å². The molecule has 90 valence electrons. The summed E-state index contributed by atoms with van der Waals surface area (Å²) < 4.78 is 30.6. The highest BCUT2D eigenvalue weighted by atomic mass is 32.2. The van der Waals surface area contributed by atoms with Gasteiger partial charge in [0, 0.05) is 6.54 Å². The lowest BCUT2D eigenvalue weighted by atomic mass is 10.3. The van der Waals surface area contributed by atoms with Crippen molar-refractivity contribution in [2.24, 2.45) is 0 Å². The number of nitrogens with one attached hydrogen (secondary N) is 1. The molecule has 0 fully saturated rings. The SMILES string of the molecule is COc1ccc(S(=O)(=O)NCC(C)O)cc1. The summed E-state index contributed by atoms with van der Waals surface area (Å²) in [7, 11) is -2.04. The highest BCUT2D eigenvalue weighted by Gasteiger charge is 2.14. The van der Waals surface area contributed by atoms with E-state index in [0.29, 0.717) is 5.75 Å². The van der Waals surface area contributed by atoms with Gasteiger partial charge in [-0.05, 0) is 31.2 Å². The average molecular weight is 245 g/mol. The second kappa shape index (κ2) is 5.29. The van der Waals surface area contributed by atoms with Gasteiger partial charge in [0.1, 0.15) is 5.75 Å². The molecule has 0 bridgehead atoms. The number of ether oxygens (including phenoxy) is 1. The van der Waals surface area contributed by atoms with E-state index in [2.05, 4.69) is 4.72 Å². The number of rotatable bonds is 5. The first-order valence-electron chi connectivity index (χ1n) is 4.77. The van der Waals surface area contributed by atoms with Crippen molar-refractivity contribution in [3.63, 3.8) is 0 Å². The molecule has 0 radical (unpaired) electrons. The second-order valence-electron chi connectivity index (χ2n) is 3.38. The monoisotopic (exact) mass is 245 g/mol. The Morgan fingerprint density at radius 3 is 2.38 bits per heavy atom. The Bertz CT molecular complexity index is 425. The summed E-state index contributed by atoms with van der Waals surface area (Å²) in [4.78, 5) is 0.147. The third-order valence-corrected chi connectivity index (χ3v) is 3.38. The summed E-state index contributed by atoms with van der Waals surface area (Å²) >= 11 is 0. The molecule has 16 heavy (non-hydrogen) atoms. The van der Waals surface area contributed by atoms with Crippen LogP contribution in [0.15, 0.2) is 29.2 Å². The van der Waals surface area contributed by atoms with Crippen molar-refractivity contribution in [3.05, 3.63) is 24.3 Å². The fourth-order valence-electron chi connectivity index (χ4n) is 1.07. The molecule has 1 aromatic carbocycles. The minimum atomic E-state index is -3.55. The summed E-state index contributed by atoms with van der Waals surface area (Å²) in [5, 5.41) is 9.00. The van der Waals surface area contributed by atoms with Gasteiger partial charge in [-0.15, -0.1) is 0 Å².